The minimum absolute atomic E-state index is 0.200. The number of hydrogen-bond donors (Lipinski definition) is 1. The van der Waals surface area contributed by atoms with Crippen molar-refractivity contribution in [3.8, 4) is 22.7 Å². The molecule has 0 aliphatic carbocycles. The molecule has 0 atom stereocenters. The zero-order chi connectivity index (χ0) is 18.0. The Balaban J connectivity index is 2.03. The summed E-state index contributed by atoms with van der Waals surface area (Å²) in [6, 6.07) is 9.69. The molecule has 0 amide bonds. The predicted molar refractivity (Wildman–Crippen MR) is 80.4 cm³/mol. The highest BCUT2D eigenvalue weighted by Gasteiger charge is 2.31. The quantitative estimate of drug-likeness (QED) is 0.780. The van der Waals surface area contributed by atoms with Crippen LogP contribution in [0.5, 0.6) is 5.75 Å². The maximum atomic E-state index is 12.2. The molecule has 6 nitrogen and oxygen atoms in total. The van der Waals surface area contributed by atoms with Crippen molar-refractivity contribution in [2.45, 2.75) is 6.36 Å². The number of halogens is 3. The van der Waals surface area contributed by atoms with Gasteiger partial charge in [0.05, 0.1) is 11.4 Å². The van der Waals surface area contributed by atoms with E-state index in [-0.39, 0.29) is 11.4 Å². The third kappa shape index (κ3) is 3.77. The van der Waals surface area contributed by atoms with Gasteiger partial charge in [0, 0.05) is 18.0 Å². The molecule has 2 aromatic heterocycles. The third-order valence-corrected chi connectivity index (χ3v) is 3.20. The number of ether oxygens (including phenoxy) is 1. The lowest BCUT2D eigenvalue weighted by molar-refractivity contribution is -0.274. The van der Waals surface area contributed by atoms with Crippen LogP contribution in [-0.4, -0.2) is 32.2 Å². The van der Waals surface area contributed by atoms with Gasteiger partial charge >= 0.3 is 12.3 Å². The standard InChI is InChI=1S/C16H10F3N3O3/c17-16(18,19)25-12-5-3-11(4-6-12)22-14(8-13(21-22)15(23)24)10-2-1-7-20-9-10/h1-9H,(H,23,24). The first-order chi connectivity index (χ1) is 11.8. The minimum Gasteiger partial charge on any atom is -0.476 e. The maximum Gasteiger partial charge on any atom is 0.573 e. The molecule has 0 saturated heterocycles. The van der Waals surface area contributed by atoms with Crippen LogP contribution in [-0.2, 0) is 0 Å². The SMILES string of the molecule is O=C(O)c1cc(-c2cccnc2)n(-c2ccc(OC(F)(F)F)cc2)n1. The molecular weight excluding hydrogens is 339 g/mol. The van der Waals surface area contributed by atoms with Gasteiger partial charge in [-0.1, -0.05) is 0 Å². The summed E-state index contributed by atoms with van der Waals surface area (Å²) in [7, 11) is 0. The van der Waals surface area contributed by atoms with E-state index in [0.29, 0.717) is 16.9 Å². The van der Waals surface area contributed by atoms with Crippen LogP contribution < -0.4 is 4.74 Å². The number of nitrogens with zero attached hydrogens (tertiary/aromatic N) is 3. The number of rotatable bonds is 4. The lowest BCUT2D eigenvalue weighted by Crippen LogP contribution is -2.17. The van der Waals surface area contributed by atoms with Crippen molar-refractivity contribution in [1.82, 2.24) is 14.8 Å². The summed E-state index contributed by atoms with van der Waals surface area (Å²) in [5, 5.41) is 13.1. The molecule has 0 radical (unpaired) electrons. The number of alkyl halides is 3. The lowest BCUT2D eigenvalue weighted by atomic mass is 10.2. The monoisotopic (exact) mass is 349 g/mol. The van der Waals surface area contributed by atoms with Crippen molar-refractivity contribution in [3.63, 3.8) is 0 Å². The number of pyridine rings is 1. The van der Waals surface area contributed by atoms with E-state index < -0.39 is 12.3 Å². The second kappa shape index (κ2) is 6.27. The molecule has 0 saturated carbocycles. The van der Waals surface area contributed by atoms with Crippen LogP contribution in [0.3, 0.4) is 0 Å². The Labute approximate surface area is 139 Å². The number of hydrogen-bond acceptors (Lipinski definition) is 4. The molecular formula is C16H10F3N3O3. The van der Waals surface area contributed by atoms with E-state index in [4.69, 9.17) is 5.11 Å². The summed E-state index contributed by atoms with van der Waals surface area (Å²) in [6.07, 6.45) is -1.70. The molecule has 1 N–H and O–H groups in total. The number of benzene rings is 1. The molecule has 0 bridgehead atoms. The molecule has 0 aliphatic heterocycles. The second-order valence-corrected chi connectivity index (χ2v) is 4.92. The molecule has 0 unspecified atom stereocenters. The lowest BCUT2D eigenvalue weighted by Gasteiger charge is -2.10. The Hall–Kier alpha value is -3.36. The van der Waals surface area contributed by atoms with E-state index >= 15 is 0 Å². The molecule has 25 heavy (non-hydrogen) atoms. The summed E-state index contributed by atoms with van der Waals surface area (Å²) in [5.41, 5.74) is 1.23. The number of aromatic carboxylic acids is 1. The van der Waals surface area contributed by atoms with Crippen molar-refractivity contribution in [2.75, 3.05) is 0 Å². The van der Waals surface area contributed by atoms with E-state index in [1.54, 1.807) is 18.3 Å². The minimum atomic E-state index is -4.79. The Morgan fingerprint density at radius 1 is 1.16 bits per heavy atom. The summed E-state index contributed by atoms with van der Waals surface area (Å²) in [5.74, 6) is -1.61. The van der Waals surface area contributed by atoms with E-state index in [1.165, 1.54) is 29.1 Å². The highest BCUT2D eigenvalue weighted by Crippen LogP contribution is 2.27. The summed E-state index contributed by atoms with van der Waals surface area (Å²) in [4.78, 5) is 15.2. The number of carboxylic acid groups (broad SMARTS) is 1. The highest BCUT2D eigenvalue weighted by molar-refractivity contribution is 5.87. The van der Waals surface area contributed by atoms with E-state index in [0.717, 1.165) is 12.1 Å². The zero-order valence-corrected chi connectivity index (χ0v) is 12.4. The molecule has 2 heterocycles. The topological polar surface area (TPSA) is 77.2 Å². The van der Waals surface area contributed by atoms with Gasteiger partial charge in [0.15, 0.2) is 5.69 Å². The predicted octanol–water partition coefficient (Wildman–Crippen LogP) is 3.53. The van der Waals surface area contributed by atoms with Crippen LogP contribution in [0.25, 0.3) is 16.9 Å². The van der Waals surface area contributed by atoms with Crippen molar-refractivity contribution < 1.29 is 27.8 Å². The van der Waals surface area contributed by atoms with Crippen molar-refractivity contribution >= 4 is 5.97 Å². The van der Waals surface area contributed by atoms with E-state index in [9.17, 15) is 18.0 Å². The fourth-order valence-electron chi connectivity index (χ4n) is 2.19. The van der Waals surface area contributed by atoms with Crippen molar-refractivity contribution in [1.29, 1.82) is 0 Å². The smallest absolute Gasteiger partial charge is 0.476 e. The van der Waals surface area contributed by atoms with Gasteiger partial charge in [0.1, 0.15) is 5.75 Å². The molecule has 128 valence electrons. The third-order valence-electron chi connectivity index (χ3n) is 3.20. The fraction of sp³-hybridized carbons (Fsp3) is 0.0625. The first-order valence-corrected chi connectivity index (χ1v) is 6.93. The molecule has 0 aliphatic rings. The highest BCUT2D eigenvalue weighted by atomic mass is 19.4. The van der Waals surface area contributed by atoms with Gasteiger partial charge in [-0.05, 0) is 42.5 Å². The van der Waals surface area contributed by atoms with E-state index in [2.05, 4.69) is 14.8 Å². The molecule has 3 aromatic rings. The Morgan fingerprint density at radius 3 is 2.44 bits per heavy atom. The van der Waals surface area contributed by atoms with Gasteiger partial charge in [0.2, 0.25) is 0 Å². The number of aromatic nitrogens is 3. The maximum absolute atomic E-state index is 12.2. The number of carboxylic acids is 1. The first-order valence-electron chi connectivity index (χ1n) is 6.93. The molecule has 9 heteroatoms. The van der Waals surface area contributed by atoms with Crippen LogP contribution in [0, 0.1) is 0 Å². The summed E-state index contributed by atoms with van der Waals surface area (Å²) >= 11 is 0. The largest absolute Gasteiger partial charge is 0.573 e. The van der Waals surface area contributed by atoms with Gasteiger partial charge in [-0.3, -0.25) is 4.98 Å². The Bertz CT molecular complexity index is 890. The van der Waals surface area contributed by atoms with Crippen LogP contribution in [0.1, 0.15) is 10.5 Å². The van der Waals surface area contributed by atoms with Crippen LogP contribution >= 0.6 is 0 Å². The summed E-state index contributed by atoms with van der Waals surface area (Å²) < 4.78 is 41.8. The normalized spacial score (nSPS) is 11.3. The average Bonchev–Trinajstić information content (AvgIpc) is 3.00. The average molecular weight is 349 g/mol. The van der Waals surface area contributed by atoms with E-state index in [1.807, 2.05) is 0 Å². The van der Waals surface area contributed by atoms with Crippen LogP contribution in [0.4, 0.5) is 13.2 Å². The van der Waals surface area contributed by atoms with Crippen LogP contribution in [0.15, 0.2) is 54.9 Å². The first kappa shape index (κ1) is 16.5. The Kier molecular flexibility index (Phi) is 4.14. The summed E-state index contributed by atoms with van der Waals surface area (Å²) in [6.45, 7) is 0. The fourth-order valence-corrected chi connectivity index (χ4v) is 2.19. The van der Waals surface area contributed by atoms with Crippen molar-refractivity contribution in [3.05, 3.63) is 60.6 Å². The molecule has 0 spiro atoms. The second-order valence-electron chi connectivity index (χ2n) is 4.92. The van der Waals surface area contributed by atoms with Gasteiger partial charge in [-0.25, -0.2) is 9.48 Å². The zero-order valence-electron chi connectivity index (χ0n) is 12.4. The van der Waals surface area contributed by atoms with Gasteiger partial charge < -0.3 is 9.84 Å². The Morgan fingerprint density at radius 2 is 1.88 bits per heavy atom. The van der Waals surface area contributed by atoms with Gasteiger partial charge in [0.25, 0.3) is 0 Å². The van der Waals surface area contributed by atoms with Gasteiger partial charge in [-0.15, -0.1) is 13.2 Å². The molecule has 3 rings (SSSR count). The van der Waals surface area contributed by atoms with Crippen LogP contribution in [0.2, 0.25) is 0 Å². The number of carbonyl (C=O) groups is 1. The molecule has 0 fully saturated rings. The van der Waals surface area contributed by atoms with Crippen molar-refractivity contribution in [2.24, 2.45) is 0 Å². The van der Waals surface area contributed by atoms with Gasteiger partial charge in [-0.2, -0.15) is 5.10 Å². The molecule has 1 aromatic carbocycles.